The van der Waals surface area contributed by atoms with E-state index in [-0.39, 0.29) is 11.0 Å². The molecular weight excluding hydrogens is 376 g/mol. The Hall–Kier alpha value is -1.79. The Labute approximate surface area is 146 Å². The Bertz CT molecular complexity index is 845. The third-order valence-corrected chi connectivity index (χ3v) is 4.97. The van der Waals surface area contributed by atoms with E-state index in [9.17, 15) is 4.79 Å². The van der Waals surface area contributed by atoms with Crippen molar-refractivity contribution in [2.45, 2.75) is 17.3 Å². The van der Waals surface area contributed by atoms with Gasteiger partial charge in [0.05, 0.1) is 23.4 Å². The molecule has 1 atom stereocenters. The van der Waals surface area contributed by atoms with Crippen molar-refractivity contribution in [2.24, 2.45) is 0 Å². The third-order valence-electron chi connectivity index (χ3n) is 3.45. The van der Waals surface area contributed by atoms with Gasteiger partial charge in [0.15, 0.2) is 10.9 Å². The fourth-order valence-corrected chi connectivity index (χ4v) is 3.38. The van der Waals surface area contributed by atoms with Gasteiger partial charge in [0.2, 0.25) is 0 Å². The van der Waals surface area contributed by atoms with Crippen molar-refractivity contribution >= 4 is 44.5 Å². The summed E-state index contributed by atoms with van der Waals surface area (Å²) in [4.78, 5) is 20.2. The standard InChI is InChI=1S/C17H15BrN2O2S/c1-10(16(21)11-3-5-12(18)6-4-11)23-17-19-14-8-7-13(22-2)9-15(14)20-17/h3-10H,1-2H3,(H,19,20)/t10-/m1/s1. The highest BCUT2D eigenvalue weighted by molar-refractivity contribution is 9.10. The number of hydrogen-bond donors (Lipinski definition) is 1. The smallest absolute Gasteiger partial charge is 0.175 e. The highest BCUT2D eigenvalue weighted by Gasteiger charge is 2.18. The van der Waals surface area contributed by atoms with Gasteiger partial charge in [-0.05, 0) is 31.2 Å². The number of benzene rings is 2. The Morgan fingerprint density at radius 2 is 2.00 bits per heavy atom. The molecule has 0 fully saturated rings. The molecule has 0 aliphatic carbocycles. The van der Waals surface area contributed by atoms with Crippen LogP contribution in [0.1, 0.15) is 17.3 Å². The van der Waals surface area contributed by atoms with Crippen molar-refractivity contribution in [2.75, 3.05) is 7.11 Å². The lowest BCUT2D eigenvalue weighted by molar-refractivity contribution is 0.0994. The van der Waals surface area contributed by atoms with Crippen LogP contribution in [0.3, 0.4) is 0 Å². The summed E-state index contributed by atoms with van der Waals surface area (Å²) in [6.07, 6.45) is 0. The number of rotatable bonds is 5. The van der Waals surface area contributed by atoms with Crippen LogP contribution in [-0.4, -0.2) is 28.1 Å². The van der Waals surface area contributed by atoms with Crippen LogP contribution in [0.5, 0.6) is 5.75 Å². The summed E-state index contributed by atoms with van der Waals surface area (Å²) in [5.74, 6) is 0.859. The number of thioether (sulfide) groups is 1. The number of carbonyl (C=O) groups is 1. The number of methoxy groups -OCH3 is 1. The van der Waals surface area contributed by atoms with Crippen molar-refractivity contribution in [1.29, 1.82) is 0 Å². The fraction of sp³-hybridized carbons (Fsp3) is 0.176. The van der Waals surface area contributed by atoms with Crippen LogP contribution < -0.4 is 4.74 Å². The molecule has 1 heterocycles. The summed E-state index contributed by atoms with van der Waals surface area (Å²) < 4.78 is 6.16. The van der Waals surface area contributed by atoms with Crippen molar-refractivity contribution in [3.8, 4) is 5.75 Å². The van der Waals surface area contributed by atoms with Crippen LogP contribution >= 0.6 is 27.7 Å². The summed E-state index contributed by atoms with van der Waals surface area (Å²) in [5, 5.41) is 0.504. The number of halogens is 1. The number of aromatic nitrogens is 2. The summed E-state index contributed by atoms with van der Waals surface area (Å²) in [7, 11) is 1.63. The maximum atomic E-state index is 12.5. The Morgan fingerprint density at radius 1 is 1.26 bits per heavy atom. The molecule has 3 aromatic rings. The number of hydrogen-bond acceptors (Lipinski definition) is 4. The Kier molecular flexibility index (Phi) is 4.73. The maximum Gasteiger partial charge on any atom is 0.175 e. The van der Waals surface area contributed by atoms with E-state index < -0.39 is 0 Å². The van der Waals surface area contributed by atoms with E-state index in [2.05, 4.69) is 25.9 Å². The number of imidazole rings is 1. The largest absolute Gasteiger partial charge is 0.497 e. The highest BCUT2D eigenvalue weighted by atomic mass is 79.9. The van der Waals surface area contributed by atoms with Gasteiger partial charge in [-0.2, -0.15) is 0 Å². The van der Waals surface area contributed by atoms with E-state index in [1.54, 1.807) is 7.11 Å². The third kappa shape index (κ3) is 3.59. The molecule has 1 N–H and O–H groups in total. The lowest BCUT2D eigenvalue weighted by Gasteiger charge is -2.08. The van der Waals surface area contributed by atoms with Gasteiger partial charge in [0.25, 0.3) is 0 Å². The molecule has 0 bridgehead atoms. The van der Waals surface area contributed by atoms with Gasteiger partial charge in [-0.15, -0.1) is 0 Å². The second-order valence-electron chi connectivity index (χ2n) is 5.06. The lowest BCUT2D eigenvalue weighted by Crippen LogP contribution is -2.13. The van der Waals surface area contributed by atoms with Crippen molar-refractivity contribution in [1.82, 2.24) is 9.97 Å². The first-order valence-electron chi connectivity index (χ1n) is 7.07. The number of nitrogens with one attached hydrogen (secondary N) is 1. The minimum atomic E-state index is -0.223. The number of fused-ring (bicyclic) bond motifs is 1. The van der Waals surface area contributed by atoms with E-state index in [0.29, 0.717) is 5.56 Å². The highest BCUT2D eigenvalue weighted by Crippen LogP contribution is 2.27. The second kappa shape index (κ2) is 6.76. The monoisotopic (exact) mass is 390 g/mol. The first kappa shape index (κ1) is 16.1. The molecule has 3 rings (SSSR count). The van der Waals surface area contributed by atoms with Gasteiger partial charge in [0.1, 0.15) is 5.75 Å². The van der Waals surface area contributed by atoms with Crippen LogP contribution in [0, 0.1) is 0 Å². The predicted molar refractivity (Wildman–Crippen MR) is 96.4 cm³/mol. The second-order valence-corrected chi connectivity index (χ2v) is 7.30. The average molecular weight is 391 g/mol. The van der Waals surface area contributed by atoms with Crippen LogP contribution in [-0.2, 0) is 0 Å². The van der Waals surface area contributed by atoms with Crippen LogP contribution in [0.15, 0.2) is 52.1 Å². The van der Waals surface area contributed by atoms with Gasteiger partial charge in [0, 0.05) is 16.1 Å². The SMILES string of the molecule is COc1ccc2nc(S[C@H](C)C(=O)c3ccc(Br)cc3)[nH]c2c1. The first-order chi connectivity index (χ1) is 11.1. The Morgan fingerprint density at radius 3 is 2.70 bits per heavy atom. The van der Waals surface area contributed by atoms with Crippen LogP contribution in [0.2, 0.25) is 0 Å². The average Bonchev–Trinajstić information content (AvgIpc) is 2.95. The zero-order valence-electron chi connectivity index (χ0n) is 12.7. The van der Waals surface area contributed by atoms with Crippen LogP contribution in [0.25, 0.3) is 11.0 Å². The van der Waals surface area contributed by atoms with Crippen molar-refractivity contribution in [3.05, 3.63) is 52.5 Å². The van der Waals surface area contributed by atoms with Gasteiger partial charge in [-0.1, -0.05) is 39.8 Å². The van der Waals surface area contributed by atoms with E-state index in [0.717, 1.165) is 26.4 Å². The predicted octanol–water partition coefficient (Wildman–Crippen LogP) is 4.70. The number of nitrogens with zero attached hydrogens (tertiary/aromatic N) is 1. The number of H-pyrrole nitrogens is 1. The van der Waals surface area contributed by atoms with Crippen molar-refractivity contribution in [3.63, 3.8) is 0 Å². The number of Topliss-reactive ketones (excluding diaryl/α,β-unsaturated/α-hetero) is 1. The van der Waals surface area contributed by atoms with E-state index >= 15 is 0 Å². The summed E-state index contributed by atoms with van der Waals surface area (Å²) in [6.45, 7) is 1.89. The molecular formula is C17H15BrN2O2S. The topological polar surface area (TPSA) is 55.0 Å². The molecule has 0 aliphatic heterocycles. The molecule has 2 aromatic carbocycles. The van der Waals surface area contributed by atoms with Gasteiger partial charge >= 0.3 is 0 Å². The Balaban J connectivity index is 1.77. The number of carbonyl (C=O) groups excluding carboxylic acids is 1. The van der Waals surface area contributed by atoms with Gasteiger partial charge in [-0.25, -0.2) is 4.98 Å². The molecule has 0 spiro atoms. The van der Waals surface area contributed by atoms with Gasteiger partial charge in [-0.3, -0.25) is 4.79 Å². The summed E-state index contributed by atoms with van der Waals surface area (Å²) in [5.41, 5.74) is 2.46. The number of ether oxygens (including phenoxy) is 1. The molecule has 6 heteroatoms. The molecule has 0 saturated carbocycles. The molecule has 4 nitrogen and oxygen atoms in total. The minimum Gasteiger partial charge on any atom is -0.497 e. The van der Waals surface area contributed by atoms with Crippen LogP contribution in [0.4, 0.5) is 0 Å². The molecule has 1 aromatic heterocycles. The van der Waals surface area contributed by atoms with Gasteiger partial charge < -0.3 is 9.72 Å². The first-order valence-corrected chi connectivity index (χ1v) is 8.74. The quantitative estimate of drug-likeness (QED) is 0.506. The molecule has 0 amide bonds. The summed E-state index contributed by atoms with van der Waals surface area (Å²) >= 11 is 4.80. The maximum absolute atomic E-state index is 12.5. The zero-order valence-corrected chi connectivity index (χ0v) is 15.1. The molecule has 0 saturated heterocycles. The number of ketones is 1. The van der Waals surface area contributed by atoms with Crippen molar-refractivity contribution < 1.29 is 9.53 Å². The summed E-state index contributed by atoms with van der Waals surface area (Å²) in [6, 6.07) is 13.1. The lowest BCUT2D eigenvalue weighted by atomic mass is 10.1. The molecule has 0 aliphatic rings. The normalized spacial score (nSPS) is 12.3. The van der Waals surface area contributed by atoms with E-state index in [1.165, 1.54) is 11.8 Å². The fourth-order valence-electron chi connectivity index (χ4n) is 2.22. The van der Waals surface area contributed by atoms with E-state index in [4.69, 9.17) is 4.74 Å². The molecule has 118 valence electrons. The van der Waals surface area contributed by atoms with E-state index in [1.807, 2.05) is 49.4 Å². The zero-order chi connectivity index (χ0) is 16.4. The molecule has 0 radical (unpaired) electrons. The minimum absolute atomic E-state index is 0.0838. The molecule has 23 heavy (non-hydrogen) atoms. The molecule has 0 unspecified atom stereocenters. The number of aromatic amines is 1.